The molecule has 0 aliphatic heterocycles. The third kappa shape index (κ3) is 43.5. The van der Waals surface area contributed by atoms with Crippen LogP contribution >= 0.6 is 0 Å². The second kappa shape index (κ2) is 46.2. The Morgan fingerprint density at radius 3 is 1.36 bits per heavy atom. The summed E-state index contributed by atoms with van der Waals surface area (Å²) in [6.07, 6.45) is 61.4. The number of unbranched alkanes of at least 4 members (excludes halogenated alkanes) is 14. The number of ether oxygens (including phenoxy) is 3. The van der Waals surface area contributed by atoms with Gasteiger partial charge < -0.3 is 14.2 Å². The van der Waals surface area contributed by atoms with Gasteiger partial charge in [-0.15, -0.1) is 0 Å². The highest BCUT2D eigenvalue weighted by Crippen LogP contribution is 2.13. The van der Waals surface area contributed by atoms with Crippen LogP contribution in [0.1, 0.15) is 188 Å². The summed E-state index contributed by atoms with van der Waals surface area (Å²) in [6.45, 7) is 7.44. The van der Waals surface area contributed by atoms with E-state index < -0.39 is 6.10 Å². The highest BCUT2D eigenvalue weighted by Gasteiger charge is 2.17. The SMILES string of the molecule is CC/C=C\C/C=C\C/C=C\C/C=C\C/C=C\CC(=O)OCC(COCCCCCCCCCCCCCC)OC(=O)CCCCC/C=C\C/C=C\C/C=C\CC. The summed E-state index contributed by atoms with van der Waals surface area (Å²) < 4.78 is 17.2. The molecule has 0 aliphatic rings. The van der Waals surface area contributed by atoms with E-state index in [2.05, 4.69) is 106 Å². The fourth-order valence-electron chi connectivity index (χ4n) is 5.83. The Kier molecular flexibility index (Phi) is 43.6. The van der Waals surface area contributed by atoms with Gasteiger partial charge in [0, 0.05) is 13.0 Å². The number of carbonyl (C=O) groups is 2. The van der Waals surface area contributed by atoms with Gasteiger partial charge in [-0.05, 0) is 77.0 Å². The van der Waals surface area contributed by atoms with E-state index in [1.165, 1.54) is 64.2 Å². The predicted octanol–water partition coefficient (Wildman–Crippen LogP) is 15.1. The van der Waals surface area contributed by atoms with Crippen molar-refractivity contribution in [3.05, 3.63) is 97.2 Å². The van der Waals surface area contributed by atoms with Gasteiger partial charge in [-0.3, -0.25) is 9.59 Å². The van der Waals surface area contributed by atoms with Gasteiger partial charge in [0.15, 0.2) is 6.10 Å². The van der Waals surface area contributed by atoms with Gasteiger partial charge in [0.05, 0.1) is 13.0 Å². The van der Waals surface area contributed by atoms with Crippen LogP contribution in [0.25, 0.3) is 0 Å². The van der Waals surface area contributed by atoms with Crippen LogP contribution in [0.3, 0.4) is 0 Å². The normalized spacial score (nSPS) is 13.1. The number of hydrogen-bond acceptors (Lipinski definition) is 5. The Balaban J connectivity index is 4.45. The van der Waals surface area contributed by atoms with Crippen molar-refractivity contribution in [1.82, 2.24) is 0 Å². The van der Waals surface area contributed by atoms with Crippen molar-refractivity contribution in [1.29, 1.82) is 0 Å². The quantitative estimate of drug-likeness (QED) is 0.0352. The number of rotatable bonds is 40. The van der Waals surface area contributed by atoms with Gasteiger partial charge in [0.1, 0.15) is 6.61 Å². The van der Waals surface area contributed by atoms with E-state index in [-0.39, 0.29) is 31.6 Å². The predicted molar refractivity (Wildman–Crippen MR) is 242 cm³/mol. The number of esters is 2. The van der Waals surface area contributed by atoms with E-state index in [1.807, 2.05) is 12.2 Å². The van der Waals surface area contributed by atoms with Crippen molar-refractivity contribution >= 4 is 11.9 Å². The van der Waals surface area contributed by atoms with Crippen LogP contribution in [-0.4, -0.2) is 37.9 Å². The monoisotopic (exact) mass is 777 g/mol. The summed E-state index contributed by atoms with van der Waals surface area (Å²) >= 11 is 0. The molecular weight excluding hydrogens is 693 g/mol. The topological polar surface area (TPSA) is 61.8 Å². The molecule has 0 aromatic rings. The van der Waals surface area contributed by atoms with Gasteiger partial charge in [-0.25, -0.2) is 0 Å². The number of allylic oxidation sites excluding steroid dienone is 15. The van der Waals surface area contributed by atoms with Crippen LogP contribution in [0, 0.1) is 0 Å². The largest absolute Gasteiger partial charge is 0.461 e. The first-order valence-corrected chi connectivity index (χ1v) is 22.8. The van der Waals surface area contributed by atoms with E-state index in [1.54, 1.807) is 0 Å². The molecule has 1 atom stereocenters. The standard InChI is InChI=1S/C51H84O5/c1-4-7-10-13-16-19-22-25-26-28-29-32-35-38-41-44-50(52)55-48-49(47-54-46-43-40-37-34-31-24-21-18-15-12-9-6-3)56-51(53)45-42-39-36-33-30-27-23-20-17-14-11-8-5-2/h7-8,10-11,16-17,19-20,25-27,29-30,32,38,41,49H,4-6,9,12-15,18,21-24,28,31,33-37,39-40,42-48H2,1-3H3/b10-7-,11-8-,19-16-,20-17-,26-25-,30-27-,32-29-,41-38-. The second-order valence-electron chi connectivity index (χ2n) is 14.6. The van der Waals surface area contributed by atoms with E-state index in [0.717, 1.165) is 89.9 Å². The van der Waals surface area contributed by atoms with Crippen molar-refractivity contribution in [2.24, 2.45) is 0 Å². The zero-order valence-corrected chi connectivity index (χ0v) is 36.4. The number of hydrogen-bond donors (Lipinski definition) is 0. The molecule has 0 saturated heterocycles. The lowest BCUT2D eigenvalue weighted by atomic mass is 10.1. The van der Waals surface area contributed by atoms with Crippen molar-refractivity contribution in [2.45, 2.75) is 194 Å². The summed E-state index contributed by atoms with van der Waals surface area (Å²) in [5.74, 6) is -0.582. The molecular formula is C51H84O5. The first-order valence-electron chi connectivity index (χ1n) is 22.8. The lowest BCUT2D eigenvalue weighted by Gasteiger charge is -2.18. The summed E-state index contributed by atoms with van der Waals surface area (Å²) in [7, 11) is 0. The molecule has 0 saturated carbocycles. The highest BCUT2D eigenvalue weighted by atomic mass is 16.6. The van der Waals surface area contributed by atoms with Gasteiger partial charge in [-0.2, -0.15) is 0 Å². The molecule has 0 aromatic heterocycles. The van der Waals surface area contributed by atoms with Crippen LogP contribution in [0.4, 0.5) is 0 Å². The van der Waals surface area contributed by atoms with Crippen LogP contribution in [0.5, 0.6) is 0 Å². The molecule has 5 nitrogen and oxygen atoms in total. The maximum Gasteiger partial charge on any atom is 0.309 e. The molecule has 56 heavy (non-hydrogen) atoms. The maximum absolute atomic E-state index is 12.7. The summed E-state index contributed by atoms with van der Waals surface area (Å²) in [5, 5.41) is 0. The molecule has 0 heterocycles. The first-order chi connectivity index (χ1) is 27.6. The second-order valence-corrected chi connectivity index (χ2v) is 14.6. The Hall–Kier alpha value is -3.18. The molecule has 0 rings (SSSR count). The zero-order chi connectivity index (χ0) is 40.7. The van der Waals surface area contributed by atoms with Crippen LogP contribution < -0.4 is 0 Å². The van der Waals surface area contributed by atoms with Crippen LogP contribution in [-0.2, 0) is 23.8 Å². The van der Waals surface area contributed by atoms with Gasteiger partial charge >= 0.3 is 11.9 Å². The Morgan fingerprint density at radius 2 is 0.857 bits per heavy atom. The third-order valence-corrected chi connectivity index (χ3v) is 9.15. The van der Waals surface area contributed by atoms with Crippen molar-refractivity contribution in [2.75, 3.05) is 19.8 Å². The lowest BCUT2D eigenvalue weighted by molar-refractivity contribution is -0.162. The minimum Gasteiger partial charge on any atom is -0.461 e. The Bertz CT molecular complexity index is 1110. The minimum absolute atomic E-state index is 0.0157. The smallest absolute Gasteiger partial charge is 0.309 e. The molecule has 1 unspecified atom stereocenters. The van der Waals surface area contributed by atoms with E-state index in [0.29, 0.717) is 13.0 Å². The molecule has 0 aromatic carbocycles. The van der Waals surface area contributed by atoms with E-state index in [9.17, 15) is 9.59 Å². The Labute approximate surface area is 345 Å². The molecule has 318 valence electrons. The molecule has 0 spiro atoms. The van der Waals surface area contributed by atoms with Gasteiger partial charge in [0.25, 0.3) is 0 Å². The van der Waals surface area contributed by atoms with Crippen LogP contribution in [0.2, 0.25) is 0 Å². The third-order valence-electron chi connectivity index (χ3n) is 9.15. The summed E-state index contributed by atoms with van der Waals surface area (Å²) in [5.41, 5.74) is 0. The molecule has 0 bridgehead atoms. The van der Waals surface area contributed by atoms with Crippen molar-refractivity contribution in [3.63, 3.8) is 0 Å². The zero-order valence-electron chi connectivity index (χ0n) is 36.4. The molecule has 0 fully saturated rings. The summed E-state index contributed by atoms with van der Waals surface area (Å²) in [4.78, 5) is 25.2. The fraction of sp³-hybridized carbons (Fsp3) is 0.647. The van der Waals surface area contributed by atoms with Crippen LogP contribution in [0.15, 0.2) is 97.2 Å². The fourth-order valence-corrected chi connectivity index (χ4v) is 5.83. The highest BCUT2D eigenvalue weighted by molar-refractivity contribution is 5.71. The van der Waals surface area contributed by atoms with Gasteiger partial charge in [0.2, 0.25) is 0 Å². The summed E-state index contributed by atoms with van der Waals surface area (Å²) in [6, 6.07) is 0. The van der Waals surface area contributed by atoms with E-state index >= 15 is 0 Å². The Morgan fingerprint density at radius 1 is 0.429 bits per heavy atom. The average Bonchev–Trinajstić information content (AvgIpc) is 3.20. The van der Waals surface area contributed by atoms with Crippen molar-refractivity contribution < 1.29 is 23.8 Å². The van der Waals surface area contributed by atoms with E-state index in [4.69, 9.17) is 14.2 Å². The molecule has 0 amide bonds. The first kappa shape index (κ1) is 52.8. The molecule has 0 radical (unpaired) electrons. The minimum atomic E-state index is -0.592. The average molecular weight is 777 g/mol. The lowest BCUT2D eigenvalue weighted by Crippen LogP contribution is -2.30. The molecule has 5 heteroatoms. The molecule has 0 aliphatic carbocycles. The van der Waals surface area contributed by atoms with Gasteiger partial charge in [-0.1, -0.05) is 195 Å². The molecule has 0 N–H and O–H groups in total. The number of carbonyl (C=O) groups excluding carboxylic acids is 2. The van der Waals surface area contributed by atoms with Crippen molar-refractivity contribution in [3.8, 4) is 0 Å². The maximum atomic E-state index is 12.7.